The molecule has 1 aliphatic heterocycles. The first-order chi connectivity index (χ1) is 20.2. The second kappa shape index (κ2) is 14.2. The predicted octanol–water partition coefficient (Wildman–Crippen LogP) is 3.81. The van der Waals surface area contributed by atoms with E-state index < -0.39 is 42.0 Å². The summed E-state index contributed by atoms with van der Waals surface area (Å²) >= 11 is 6.96. The summed E-state index contributed by atoms with van der Waals surface area (Å²) in [6, 6.07) is 10.4. The van der Waals surface area contributed by atoms with Crippen LogP contribution < -0.4 is 15.4 Å². The van der Waals surface area contributed by atoms with Crippen LogP contribution in [-0.4, -0.2) is 73.3 Å². The number of benzene rings is 2. The van der Waals surface area contributed by atoms with Crippen molar-refractivity contribution in [2.45, 2.75) is 31.7 Å². The van der Waals surface area contributed by atoms with Crippen molar-refractivity contribution in [3.8, 4) is 5.75 Å². The topological polar surface area (TPSA) is 145 Å². The molecule has 12 nitrogen and oxygen atoms in total. The van der Waals surface area contributed by atoms with E-state index in [1.54, 1.807) is 62.6 Å². The van der Waals surface area contributed by atoms with Crippen molar-refractivity contribution < 1.29 is 38.1 Å². The van der Waals surface area contributed by atoms with E-state index >= 15 is 0 Å². The van der Waals surface area contributed by atoms with Crippen LogP contribution in [0.5, 0.6) is 5.75 Å². The Morgan fingerprint density at radius 1 is 1.10 bits per heavy atom. The van der Waals surface area contributed by atoms with Crippen molar-refractivity contribution in [3.05, 3.63) is 75.8 Å². The van der Waals surface area contributed by atoms with Crippen LogP contribution in [0.25, 0.3) is 0 Å². The predicted molar refractivity (Wildman–Crippen MR) is 154 cm³/mol. The lowest BCUT2D eigenvalue weighted by Crippen LogP contribution is -2.53. The molecule has 1 aliphatic rings. The third kappa shape index (κ3) is 7.42. The molecule has 1 aromatic heterocycles. The molecule has 1 unspecified atom stereocenters. The lowest BCUT2D eigenvalue weighted by molar-refractivity contribution is -0.139. The number of thiazole rings is 1. The van der Waals surface area contributed by atoms with E-state index in [0.717, 1.165) is 21.8 Å². The zero-order chi connectivity index (χ0) is 30.2. The van der Waals surface area contributed by atoms with Crippen LogP contribution in [0.2, 0.25) is 5.02 Å². The molecule has 42 heavy (non-hydrogen) atoms. The van der Waals surface area contributed by atoms with E-state index in [9.17, 15) is 19.2 Å². The summed E-state index contributed by atoms with van der Waals surface area (Å²) in [5.74, 6) is -1.46. The van der Waals surface area contributed by atoms with E-state index in [4.69, 9.17) is 25.8 Å². The molecular formula is C28H29ClN4O8S. The van der Waals surface area contributed by atoms with Crippen molar-refractivity contribution in [2.24, 2.45) is 0 Å². The smallest absolute Gasteiger partial charge is 0.357 e. The Morgan fingerprint density at radius 2 is 1.81 bits per heavy atom. The normalized spacial score (nSPS) is 16.1. The summed E-state index contributed by atoms with van der Waals surface area (Å²) in [5, 5.41) is 7.31. The molecule has 3 atom stereocenters. The number of methoxy groups -OCH3 is 2. The van der Waals surface area contributed by atoms with Crippen molar-refractivity contribution in [1.29, 1.82) is 0 Å². The van der Waals surface area contributed by atoms with Gasteiger partial charge in [-0.15, -0.1) is 11.3 Å². The van der Waals surface area contributed by atoms with Crippen LogP contribution in [0.1, 0.15) is 34.6 Å². The number of carbonyl (C=O) groups is 4. The first kappa shape index (κ1) is 30.9. The van der Waals surface area contributed by atoms with Crippen molar-refractivity contribution in [3.63, 3.8) is 0 Å². The van der Waals surface area contributed by atoms with E-state index in [1.807, 2.05) is 0 Å². The highest BCUT2D eigenvalue weighted by Gasteiger charge is 2.47. The average molecular weight is 617 g/mol. The molecule has 1 fully saturated rings. The SMILES string of the molecule is COCCOc1ccc([C@H]2NC(=O)N(C(C(=O)Nc3nc(C(=O)OC)cs3)[C@@H](C)OCc3ccc(Cl)cc3)C2=O)cc1. The fraction of sp³-hybridized carbons (Fsp3) is 0.321. The van der Waals surface area contributed by atoms with Gasteiger partial charge in [-0.2, -0.15) is 0 Å². The maximum absolute atomic E-state index is 13.6. The highest BCUT2D eigenvalue weighted by molar-refractivity contribution is 7.14. The lowest BCUT2D eigenvalue weighted by Gasteiger charge is -2.29. The molecule has 0 radical (unpaired) electrons. The van der Waals surface area contributed by atoms with Crippen molar-refractivity contribution >= 4 is 51.9 Å². The maximum Gasteiger partial charge on any atom is 0.357 e. The standard InChI is InChI=1S/C28H29ClN4O8S/c1-16(41-14-17-4-8-19(29)9-5-17)23(24(34)32-27-30-21(15-42-27)26(36)39-3)33-25(35)22(31-28(33)37)18-6-10-20(11-7-18)40-13-12-38-2/h4-11,15-16,22-23H,12-14H2,1-3H3,(H,31,37)(H,30,32,34)/t16-,22-,23?/m1/s1. The number of aromatic nitrogens is 1. The number of hydrogen-bond donors (Lipinski definition) is 2. The Morgan fingerprint density at radius 3 is 2.48 bits per heavy atom. The lowest BCUT2D eigenvalue weighted by atomic mass is 10.1. The number of nitrogens with zero attached hydrogens (tertiary/aromatic N) is 2. The summed E-state index contributed by atoms with van der Waals surface area (Å²) in [7, 11) is 2.78. The molecular weight excluding hydrogens is 588 g/mol. The summed E-state index contributed by atoms with van der Waals surface area (Å²) in [4.78, 5) is 57.1. The molecule has 0 spiro atoms. The van der Waals surface area contributed by atoms with Gasteiger partial charge in [0.25, 0.3) is 11.8 Å². The minimum Gasteiger partial charge on any atom is -0.491 e. The summed E-state index contributed by atoms with van der Waals surface area (Å²) in [6.07, 6.45) is -0.939. The third-order valence-corrected chi connectivity index (χ3v) is 7.30. The zero-order valence-electron chi connectivity index (χ0n) is 23.0. The number of amides is 4. The minimum atomic E-state index is -1.38. The number of imide groups is 1. The van der Waals surface area contributed by atoms with Crippen molar-refractivity contribution in [2.75, 3.05) is 32.8 Å². The molecule has 0 saturated carbocycles. The number of esters is 1. The van der Waals surface area contributed by atoms with Crippen LogP contribution in [0, 0.1) is 0 Å². The second-order valence-corrected chi connectivity index (χ2v) is 10.4. The van der Waals surface area contributed by atoms with Gasteiger partial charge in [0.2, 0.25) is 0 Å². The van der Waals surface area contributed by atoms with Gasteiger partial charge in [0.1, 0.15) is 24.4 Å². The van der Waals surface area contributed by atoms with Gasteiger partial charge in [0, 0.05) is 17.5 Å². The zero-order valence-corrected chi connectivity index (χ0v) is 24.6. The van der Waals surface area contributed by atoms with E-state index in [-0.39, 0.29) is 17.4 Å². The molecule has 4 rings (SSSR count). The number of ether oxygens (including phenoxy) is 4. The van der Waals surface area contributed by atoms with Crippen LogP contribution in [0.3, 0.4) is 0 Å². The number of halogens is 1. The quantitative estimate of drug-likeness (QED) is 0.166. The fourth-order valence-electron chi connectivity index (χ4n) is 4.13. The molecule has 2 aromatic carbocycles. The largest absolute Gasteiger partial charge is 0.491 e. The molecule has 2 heterocycles. The first-order valence-corrected chi connectivity index (χ1v) is 14.0. The van der Waals surface area contributed by atoms with Crippen LogP contribution in [0.15, 0.2) is 53.9 Å². The van der Waals surface area contributed by atoms with Gasteiger partial charge < -0.3 is 29.6 Å². The fourth-order valence-corrected chi connectivity index (χ4v) is 4.94. The number of carbonyl (C=O) groups excluding carboxylic acids is 4. The molecule has 14 heteroatoms. The van der Waals surface area contributed by atoms with Crippen LogP contribution in [0.4, 0.5) is 9.93 Å². The van der Waals surface area contributed by atoms with Gasteiger partial charge in [-0.25, -0.2) is 19.5 Å². The number of hydrogen-bond acceptors (Lipinski definition) is 10. The van der Waals surface area contributed by atoms with E-state index in [1.165, 1.54) is 12.5 Å². The molecule has 222 valence electrons. The molecule has 3 aromatic rings. The first-order valence-electron chi connectivity index (χ1n) is 12.8. The Kier molecular flexibility index (Phi) is 10.5. The Balaban J connectivity index is 1.55. The van der Waals surface area contributed by atoms with E-state index in [2.05, 4.69) is 20.4 Å². The van der Waals surface area contributed by atoms with E-state index in [0.29, 0.717) is 29.5 Å². The van der Waals surface area contributed by atoms with Crippen molar-refractivity contribution in [1.82, 2.24) is 15.2 Å². The molecule has 2 N–H and O–H groups in total. The van der Waals surface area contributed by atoms with Gasteiger partial charge in [-0.3, -0.25) is 9.59 Å². The molecule has 4 amide bonds. The Bertz CT molecular complexity index is 1420. The second-order valence-electron chi connectivity index (χ2n) is 9.11. The minimum absolute atomic E-state index is 0.00564. The molecule has 0 bridgehead atoms. The maximum atomic E-state index is 13.6. The van der Waals surface area contributed by atoms with Gasteiger partial charge in [-0.1, -0.05) is 35.9 Å². The highest BCUT2D eigenvalue weighted by Crippen LogP contribution is 2.28. The number of nitrogens with one attached hydrogen (secondary N) is 2. The molecule has 0 aliphatic carbocycles. The van der Waals surface area contributed by atoms with Crippen LogP contribution >= 0.6 is 22.9 Å². The van der Waals surface area contributed by atoms with Gasteiger partial charge >= 0.3 is 12.0 Å². The molecule has 1 saturated heterocycles. The third-order valence-electron chi connectivity index (χ3n) is 6.29. The van der Waals surface area contributed by atoms with Gasteiger partial charge in [0.15, 0.2) is 10.8 Å². The highest BCUT2D eigenvalue weighted by atomic mass is 35.5. The number of anilines is 1. The van der Waals surface area contributed by atoms with Gasteiger partial charge in [0.05, 0.1) is 26.4 Å². The van der Waals surface area contributed by atoms with Gasteiger partial charge in [-0.05, 0) is 42.3 Å². The number of urea groups is 1. The Hall–Kier alpha value is -4.04. The average Bonchev–Trinajstić information content (AvgIpc) is 3.57. The van der Waals surface area contributed by atoms with Crippen LogP contribution in [-0.2, 0) is 30.4 Å². The summed E-state index contributed by atoms with van der Waals surface area (Å²) in [6.45, 7) is 2.44. The number of rotatable bonds is 13. The summed E-state index contributed by atoms with van der Waals surface area (Å²) in [5.41, 5.74) is 1.29. The Labute approximate surface area is 250 Å². The summed E-state index contributed by atoms with van der Waals surface area (Å²) < 4.78 is 21.2. The monoisotopic (exact) mass is 616 g/mol.